The Hall–Kier alpha value is -1.46. The molecule has 0 amide bonds. The maximum Gasteiger partial charge on any atom is 0.123 e. The van der Waals surface area contributed by atoms with E-state index in [0.29, 0.717) is 0 Å². The highest BCUT2D eigenvalue weighted by molar-refractivity contribution is 7.07. The van der Waals surface area contributed by atoms with Gasteiger partial charge in [0, 0.05) is 11.1 Å². The molecule has 1 unspecified atom stereocenters. The largest absolute Gasteiger partial charge is 0.394 e. The fraction of sp³-hybridized carbons (Fsp3) is 0.182. The second-order valence-corrected chi connectivity index (χ2v) is 4.02. The maximum atomic E-state index is 12.7. The van der Waals surface area contributed by atoms with Crippen LogP contribution in [0.4, 0.5) is 10.1 Å². The van der Waals surface area contributed by atoms with Crippen molar-refractivity contribution < 1.29 is 9.50 Å². The first kappa shape index (κ1) is 11.0. The number of aliphatic hydroxyl groups excluding tert-OH is 1. The number of benzene rings is 1. The fourth-order valence-electron chi connectivity index (χ4n) is 1.35. The van der Waals surface area contributed by atoms with Gasteiger partial charge >= 0.3 is 0 Å². The highest BCUT2D eigenvalue weighted by Gasteiger charge is 2.11. The summed E-state index contributed by atoms with van der Waals surface area (Å²) in [5.74, 6) is -0.278. The lowest BCUT2D eigenvalue weighted by molar-refractivity contribution is 0.274. The number of hydrogen-bond acceptors (Lipinski definition) is 4. The summed E-state index contributed by atoms with van der Waals surface area (Å²) in [4.78, 5) is 4.12. The maximum absolute atomic E-state index is 12.7. The molecule has 2 rings (SSSR count). The van der Waals surface area contributed by atoms with Crippen LogP contribution in [0.5, 0.6) is 0 Å². The van der Waals surface area contributed by atoms with Crippen LogP contribution in [0.1, 0.15) is 11.7 Å². The predicted molar refractivity (Wildman–Crippen MR) is 62.0 cm³/mol. The Morgan fingerprint density at radius 3 is 2.69 bits per heavy atom. The zero-order valence-electron chi connectivity index (χ0n) is 8.43. The van der Waals surface area contributed by atoms with Gasteiger partial charge in [-0.1, -0.05) is 0 Å². The topological polar surface area (TPSA) is 45.1 Å². The van der Waals surface area contributed by atoms with Crippen LogP contribution in [-0.4, -0.2) is 16.7 Å². The number of hydrogen-bond donors (Lipinski definition) is 2. The third kappa shape index (κ3) is 2.56. The minimum Gasteiger partial charge on any atom is -0.394 e. The Morgan fingerprint density at radius 1 is 1.38 bits per heavy atom. The quantitative estimate of drug-likeness (QED) is 0.859. The Labute approximate surface area is 96.6 Å². The van der Waals surface area contributed by atoms with E-state index in [1.807, 2.05) is 5.38 Å². The number of halogens is 1. The van der Waals surface area contributed by atoms with Crippen LogP contribution in [0.15, 0.2) is 35.2 Å². The molecule has 2 N–H and O–H groups in total. The molecule has 16 heavy (non-hydrogen) atoms. The molecule has 0 saturated carbocycles. The van der Waals surface area contributed by atoms with Crippen LogP contribution in [0.3, 0.4) is 0 Å². The van der Waals surface area contributed by atoms with E-state index in [4.69, 9.17) is 0 Å². The number of nitrogens with zero attached hydrogens (tertiary/aromatic N) is 1. The standard InChI is InChI=1S/C11H11FN2OS/c12-8-1-3-9(4-2-8)14-10(5-15)11-6-16-7-13-11/h1-4,6-7,10,14-15H,5H2. The van der Waals surface area contributed by atoms with Crippen molar-refractivity contribution in [1.29, 1.82) is 0 Å². The molecule has 0 aliphatic rings. The van der Waals surface area contributed by atoms with Crippen LogP contribution >= 0.6 is 11.3 Å². The van der Waals surface area contributed by atoms with Crippen LogP contribution in [0, 0.1) is 5.82 Å². The molecule has 1 aromatic carbocycles. The van der Waals surface area contributed by atoms with Crippen molar-refractivity contribution in [2.24, 2.45) is 0 Å². The lowest BCUT2D eigenvalue weighted by Crippen LogP contribution is -2.15. The van der Waals surface area contributed by atoms with E-state index >= 15 is 0 Å². The molecule has 1 atom stereocenters. The molecule has 1 aromatic heterocycles. The molecular formula is C11H11FN2OS. The second kappa shape index (κ2) is 5.05. The average Bonchev–Trinajstić information content (AvgIpc) is 2.82. The molecule has 0 spiro atoms. The summed E-state index contributed by atoms with van der Waals surface area (Å²) in [6.45, 7) is -0.0545. The Morgan fingerprint density at radius 2 is 2.12 bits per heavy atom. The number of anilines is 1. The number of aliphatic hydroxyl groups is 1. The molecule has 0 fully saturated rings. The van der Waals surface area contributed by atoms with E-state index < -0.39 is 0 Å². The monoisotopic (exact) mass is 238 g/mol. The van der Waals surface area contributed by atoms with Gasteiger partial charge in [0.2, 0.25) is 0 Å². The number of thiazole rings is 1. The highest BCUT2D eigenvalue weighted by Crippen LogP contribution is 2.19. The van der Waals surface area contributed by atoms with Gasteiger partial charge in [0.05, 0.1) is 23.9 Å². The van der Waals surface area contributed by atoms with Crippen molar-refractivity contribution in [2.75, 3.05) is 11.9 Å². The molecule has 84 valence electrons. The van der Waals surface area contributed by atoms with E-state index in [1.54, 1.807) is 17.6 Å². The molecule has 5 heteroatoms. The van der Waals surface area contributed by atoms with E-state index in [2.05, 4.69) is 10.3 Å². The van der Waals surface area contributed by atoms with Crippen molar-refractivity contribution in [3.63, 3.8) is 0 Å². The van der Waals surface area contributed by atoms with Crippen LogP contribution < -0.4 is 5.32 Å². The average molecular weight is 238 g/mol. The normalized spacial score (nSPS) is 12.4. The molecule has 2 aromatic rings. The summed E-state index contributed by atoms with van der Waals surface area (Å²) in [5.41, 5.74) is 3.26. The fourth-order valence-corrected chi connectivity index (χ4v) is 1.96. The van der Waals surface area contributed by atoms with Gasteiger partial charge in [0.15, 0.2) is 0 Å². The van der Waals surface area contributed by atoms with Crippen molar-refractivity contribution >= 4 is 17.0 Å². The smallest absolute Gasteiger partial charge is 0.123 e. The zero-order chi connectivity index (χ0) is 11.4. The Balaban J connectivity index is 2.10. The van der Waals surface area contributed by atoms with Gasteiger partial charge < -0.3 is 10.4 Å². The summed E-state index contributed by atoms with van der Waals surface area (Å²) in [6, 6.07) is 5.75. The first-order chi connectivity index (χ1) is 7.79. The minimum absolute atomic E-state index is 0.0545. The lowest BCUT2D eigenvalue weighted by atomic mass is 10.2. The van der Waals surface area contributed by atoms with Gasteiger partial charge in [-0.2, -0.15) is 0 Å². The molecular weight excluding hydrogens is 227 g/mol. The van der Waals surface area contributed by atoms with Gasteiger partial charge in [-0.25, -0.2) is 9.37 Å². The third-order valence-electron chi connectivity index (χ3n) is 2.18. The van der Waals surface area contributed by atoms with Gasteiger partial charge in [0.25, 0.3) is 0 Å². The van der Waals surface area contributed by atoms with E-state index in [9.17, 15) is 9.50 Å². The highest BCUT2D eigenvalue weighted by atomic mass is 32.1. The lowest BCUT2D eigenvalue weighted by Gasteiger charge is -2.15. The Bertz CT molecular complexity index is 430. The molecule has 0 saturated heterocycles. The van der Waals surface area contributed by atoms with Crippen LogP contribution in [-0.2, 0) is 0 Å². The first-order valence-electron chi connectivity index (χ1n) is 4.80. The SMILES string of the molecule is OCC(Nc1ccc(F)cc1)c1cscn1. The molecule has 0 radical (unpaired) electrons. The van der Waals surface area contributed by atoms with E-state index in [-0.39, 0.29) is 18.5 Å². The molecule has 3 nitrogen and oxygen atoms in total. The van der Waals surface area contributed by atoms with Crippen molar-refractivity contribution in [2.45, 2.75) is 6.04 Å². The number of nitrogens with one attached hydrogen (secondary N) is 1. The number of rotatable bonds is 4. The summed E-state index contributed by atoms with van der Waals surface area (Å²) >= 11 is 1.47. The molecule has 0 aliphatic carbocycles. The number of aromatic nitrogens is 1. The minimum atomic E-state index is -0.278. The molecule has 0 aliphatic heterocycles. The van der Waals surface area contributed by atoms with Crippen molar-refractivity contribution in [1.82, 2.24) is 4.98 Å². The van der Waals surface area contributed by atoms with Crippen molar-refractivity contribution in [3.8, 4) is 0 Å². The Kier molecular flexibility index (Phi) is 3.48. The summed E-state index contributed by atoms with van der Waals surface area (Å²) in [7, 11) is 0. The van der Waals surface area contributed by atoms with Crippen molar-refractivity contribution in [3.05, 3.63) is 46.7 Å². The predicted octanol–water partition coefficient (Wildman–Crippen LogP) is 2.43. The summed E-state index contributed by atoms with van der Waals surface area (Å²) in [6.07, 6.45) is 0. The van der Waals surface area contributed by atoms with Gasteiger partial charge in [-0.05, 0) is 24.3 Å². The summed E-state index contributed by atoms with van der Waals surface area (Å²) in [5, 5.41) is 14.2. The van der Waals surface area contributed by atoms with Crippen LogP contribution in [0.2, 0.25) is 0 Å². The zero-order valence-corrected chi connectivity index (χ0v) is 9.25. The third-order valence-corrected chi connectivity index (χ3v) is 2.78. The van der Waals surface area contributed by atoms with Gasteiger partial charge in [0.1, 0.15) is 5.82 Å². The molecule has 1 heterocycles. The summed E-state index contributed by atoms with van der Waals surface area (Å²) < 4.78 is 12.7. The van der Waals surface area contributed by atoms with Gasteiger partial charge in [-0.3, -0.25) is 0 Å². The van der Waals surface area contributed by atoms with Crippen LogP contribution in [0.25, 0.3) is 0 Å². The van der Waals surface area contributed by atoms with E-state index in [1.165, 1.54) is 23.5 Å². The molecule has 0 bridgehead atoms. The van der Waals surface area contributed by atoms with Gasteiger partial charge in [-0.15, -0.1) is 11.3 Å². The van der Waals surface area contributed by atoms with E-state index in [0.717, 1.165) is 11.4 Å². The second-order valence-electron chi connectivity index (χ2n) is 3.30. The first-order valence-corrected chi connectivity index (χ1v) is 5.75.